The van der Waals surface area contributed by atoms with Crippen molar-refractivity contribution < 1.29 is 14.7 Å². The Labute approximate surface area is 145 Å². The molecular formula is C14H12BrClN4O3. The summed E-state index contributed by atoms with van der Waals surface area (Å²) in [4.78, 5) is 25.6. The van der Waals surface area contributed by atoms with Crippen molar-refractivity contribution in [2.75, 3.05) is 0 Å². The van der Waals surface area contributed by atoms with Crippen LogP contribution in [0.2, 0.25) is 5.02 Å². The van der Waals surface area contributed by atoms with E-state index in [1.165, 1.54) is 4.90 Å². The molecule has 23 heavy (non-hydrogen) atoms. The molecule has 0 aliphatic carbocycles. The maximum Gasteiger partial charge on any atom is 0.328 e. The molecule has 120 valence electrons. The molecule has 1 aliphatic heterocycles. The molecule has 1 N–H and O–H groups in total. The highest BCUT2D eigenvalue weighted by Crippen LogP contribution is 2.26. The summed E-state index contributed by atoms with van der Waals surface area (Å²) in [5, 5.41) is 17.7. The van der Waals surface area contributed by atoms with Crippen LogP contribution in [0.3, 0.4) is 0 Å². The summed E-state index contributed by atoms with van der Waals surface area (Å²) < 4.78 is 2.45. The van der Waals surface area contributed by atoms with Crippen molar-refractivity contribution in [2.24, 2.45) is 0 Å². The fourth-order valence-corrected chi connectivity index (χ4v) is 3.31. The number of carboxylic acid groups (broad SMARTS) is 1. The molecule has 1 atom stereocenters. The van der Waals surface area contributed by atoms with Crippen LogP contribution in [0.15, 0.2) is 22.7 Å². The van der Waals surface area contributed by atoms with Crippen LogP contribution in [0.5, 0.6) is 0 Å². The molecule has 7 nitrogen and oxygen atoms in total. The second-order valence-corrected chi connectivity index (χ2v) is 6.51. The van der Waals surface area contributed by atoms with Gasteiger partial charge in [0.25, 0.3) is 5.91 Å². The fraction of sp³-hybridized carbons (Fsp3) is 0.286. The molecule has 0 bridgehead atoms. The van der Waals surface area contributed by atoms with Crippen LogP contribution in [0.4, 0.5) is 0 Å². The minimum absolute atomic E-state index is 0.0725. The second kappa shape index (κ2) is 5.93. The summed E-state index contributed by atoms with van der Waals surface area (Å²) in [7, 11) is 0. The largest absolute Gasteiger partial charge is 0.480 e. The number of halogens is 2. The van der Waals surface area contributed by atoms with E-state index in [9.17, 15) is 14.7 Å². The number of benzene rings is 1. The van der Waals surface area contributed by atoms with Crippen LogP contribution in [-0.2, 0) is 17.9 Å². The Bertz CT molecular complexity index is 807. The lowest BCUT2D eigenvalue weighted by atomic mass is 10.1. The third-order valence-electron chi connectivity index (χ3n) is 3.76. The summed E-state index contributed by atoms with van der Waals surface area (Å²) in [6, 6.07) is 3.86. The third kappa shape index (κ3) is 2.84. The maximum absolute atomic E-state index is 12.8. The number of fused-ring (bicyclic) bond motifs is 1. The Morgan fingerprint density at radius 2 is 2.13 bits per heavy atom. The second-order valence-electron chi connectivity index (χ2n) is 5.19. The highest BCUT2D eigenvalue weighted by atomic mass is 79.9. The van der Waals surface area contributed by atoms with Crippen LogP contribution >= 0.6 is 27.5 Å². The molecule has 2 aromatic rings. The number of aryl methyl sites for hydroxylation is 1. The number of carboxylic acids is 1. The smallest absolute Gasteiger partial charge is 0.328 e. The molecule has 0 radical (unpaired) electrons. The number of hydrogen-bond donors (Lipinski definition) is 1. The zero-order valence-electron chi connectivity index (χ0n) is 12.0. The topological polar surface area (TPSA) is 88.3 Å². The van der Waals surface area contributed by atoms with Crippen molar-refractivity contribution in [3.8, 4) is 0 Å². The number of hydrogen-bond acceptors (Lipinski definition) is 4. The first kappa shape index (κ1) is 15.9. The van der Waals surface area contributed by atoms with Crippen molar-refractivity contribution in [2.45, 2.75) is 26.1 Å². The summed E-state index contributed by atoms with van der Waals surface area (Å²) in [6.45, 7) is 1.94. The van der Waals surface area contributed by atoms with Gasteiger partial charge in [-0.25, -0.2) is 4.79 Å². The molecule has 1 aliphatic rings. The van der Waals surface area contributed by atoms with Gasteiger partial charge in [0.15, 0.2) is 5.82 Å². The predicted molar refractivity (Wildman–Crippen MR) is 85.2 cm³/mol. The summed E-state index contributed by atoms with van der Waals surface area (Å²) in [5.74, 6) is -0.339. The van der Waals surface area contributed by atoms with E-state index < -0.39 is 17.9 Å². The molecule has 1 amide bonds. The van der Waals surface area contributed by atoms with Crippen LogP contribution in [0.1, 0.15) is 22.0 Å². The minimum atomic E-state index is -1.08. The summed E-state index contributed by atoms with van der Waals surface area (Å²) >= 11 is 9.39. The molecule has 2 heterocycles. The Morgan fingerprint density at radius 1 is 1.39 bits per heavy atom. The average molecular weight is 400 g/mol. The van der Waals surface area contributed by atoms with Gasteiger partial charge in [-0.15, -0.1) is 10.2 Å². The first-order valence-electron chi connectivity index (χ1n) is 6.76. The number of carbonyl (C=O) groups is 2. The van der Waals surface area contributed by atoms with E-state index in [1.807, 2.05) is 0 Å². The van der Waals surface area contributed by atoms with Gasteiger partial charge in [-0.05, 0) is 25.1 Å². The number of carbonyl (C=O) groups excluding carboxylic acids is 1. The van der Waals surface area contributed by atoms with Gasteiger partial charge < -0.3 is 14.6 Å². The van der Waals surface area contributed by atoms with Gasteiger partial charge >= 0.3 is 5.97 Å². The van der Waals surface area contributed by atoms with Crippen molar-refractivity contribution >= 4 is 39.4 Å². The monoisotopic (exact) mass is 398 g/mol. The standard InChI is InChI=1S/C14H12BrClN4O3/c1-7-17-18-12-6-20(11(14(22)23)5-19(7)12)13(21)9-3-2-8(15)4-10(9)16/h2-4,11H,5-6H2,1H3,(H,22,23). The number of nitrogens with zero attached hydrogens (tertiary/aromatic N) is 4. The molecule has 1 aromatic heterocycles. The van der Waals surface area contributed by atoms with Gasteiger partial charge in [0.05, 0.1) is 23.7 Å². The van der Waals surface area contributed by atoms with E-state index in [0.29, 0.717) is 11.6 Å². The first-order chi connectivity index (χ1) is 10.9. The number of aliphatic carboxylic acids is 1. The van der Waals surface area contributed by atoms with Gasteiger partial charge in [-0.1, -0.05) is 27.5 Å². The van der Waals surface area contributed by atoms with E-state index >= 15 is 0 Å². The average Bonchev–Trinajstić information content (AvgIpc) is 2.86. The molecule has 0 spiro atoms. The van der Waals surface area contributed by atoms with Crippen molar-refractivity contribution in [1.29, 1.82) is 0 Å². The highest BCUT2D eigenvalue weighted by Gasteiger charge is 2.37. The van der Waals surface area contributed by atoms with E-state index in [-0.39, 0.29) is 23.7 Å². The normalized spacial score (nSPS) is 17.0. The Morgan fingerprint density at radius 3 is 2.78 bits per heavy atom. The third-order valence-corrected chi connectivity index (χ3v) is 4.57. The minimum Gasteiger partial charge on any atom is -0.480 e. The summed E-state index contributed by atoms with van der Waals surface area (Å²) in [5.41, 5.74) is 0.255. The lowest BCUT2D eigenvalue weighted by Gasteiger charge is -2.33. The SMILES string of the molecule is Cc1nnc2n1CC(C(=O)O)N(C(=O)c1ccc(Br)cc1Cl)C2. The lowest BCUT2D eigenvalue weighted by molar-refractivity contribution is -0.143. The number of amides is 1. The van der Waals surface area contributed by atoms with Gasteiger partial charge in [-0.2, -0.15) is 0 Å². The number of aromatic nitrogens is 3. The van der Waals surface area contributed by atoms with E-state index in [4.69, 9.17) is 11.6 Å². The van der Waals surface area contributed by atoms with E-state index in [2.05, 4.69) is 26.1 Å². The van der Waals surface area contributed by atoms with Gasteiger partial charge in [0, 0.05) is 4.47 Å². The van der Waals surface area contributed by atoms with Crippen LogP contribution in [0, 0.1) is 6.92 Å². The maximum atomic E-state index is 12.8. The fourth-order valence-electron chi connectivity index (χ4n) is 2.56. The Hall–Kier alpha value is -1.93. The molecule has 1 aromatic carbocycles. The van der Waals surface area contributed by atoms with Gasteiger partial charge in [0.2, 0.25) is 0 Å². The molecular weight excluding hydrogens is 388 g/mol. The van der Waals surface area contributed by atoms with E-state index in [0.717, 1.165) is 4.47 Å². The first-order valence-corrected chi connectivity index (χ1v) is 7.93. The lowest BCUT2D eigenvalue weighted by Crippen LogP contribution is -2.50. The zero-order valence-corrected chi connectivity index (χ0v) is 14.4. The van der Waals surface area contributed by atoms with Gasteiger partial charge in [0.1, 0.15) is 11.9 Å². The quantitative estimate of drug-likeness (QED) is 0.835. The molecule has 3 rings (SSSR count). The summed E-state index contributed by atoms with van der Waals surface area (Å²) in [6.07, 6.45) is 0. The molecule has 0 fully saturated rings. The Kier molecular flexibility index (Phi) is 4.11. The molecule has 0 saturated carbocycles. The number of rotatable bonds is 2. The van der Waals surface area contributed by atoms with Crippen molar-refractivity contribution in [3.05, 3.63) is 44.9 Å². The van der Waals surface area contributed by atoms with Crippen LogP contribution < -0.4 is 0 Å². The highest BCUT2D eigenvalue weighted by molar-refractivity contribution is 9.10. The van der Waals surface area contributed by atoms with Crippen molar-refractivity contribution in [3.63, 3.8) is 0 Å². The van der Waals surface area contributed by atoms with Crippen LogP contribution in [0.25, 0.3) is 0 Å². The Balaban J connectivity index is 1.99. The molecule has 9 heteroatoms. The molecule has 1 unspecified atom stereocenters. The zero-order chi connectivity index (χ0) is 16.7. The van der Waals surface area contributed by atoms with Gasteiger partial charge in [-0.3, -0.25) is 4.79 Å². The van der Waals surface area contributed by atoms with E-state index in [1.54, 1.807) is 29.7 Å². The van der Waals surface area contributed by atoms with Crippen molar-refractivity contribution in [1.82, 2.24) is 19.7 Å². The molecule has 0 saturated heterocycles. The van der Waals surface area contributed by atoms with Crippen LogP contribution in [-0.4, -0.2) is 42.7 Å². The predicted octanol–water partition coefficient (Wildman–Crippen LogP) is 2.11.